The minimum absolute atomic E-state index is 0.0251. The molecule has 1 aliphatic carbocycles. The molecule has 164 valence electrons. The second-order valence-electron chi connectivity index (χ2n) is 9.91. The van der Waals surface area contributed by atoms with Crippen LogP contribution in [0.25, 0.3) is 10.9 Å². The highest BCUT2D eigenvalue weighted by Gasteiger charge is 2.44. The van der Waals surface area contributed by atoms with Crippen LogP contribution in [0.4, 0.5) is 0 Å². The van der Waals surface area contributed by atoms with Gasteiger partial charge >= 0.3 is 0 Å². The molecule has 2 atom stereocenters. The molecule has 2 aromatic carbocycles. The molecule has 6 rings (SSSR count). The highest BCUT2D eigenvalue weighted by atomic mass is 16.1. The topological polar surface area (TPSA) is 45.2 Å². The fourth-order valence-corrected chi connectivity index (χ4v) is 6.46. The summed E-state index contributed by atoms with van der Waals surface area (Å²) in [5, 5.41) is 4.14. The fourth-order valence-electron chi connectivity index (χ4n) is 6.46. The van der Waals surface area contributed by atoms with E-state index in [1.54, 1.807) is 17.3 Å². The van der Waals surface area contributed by atoms with E-state index < -0.39 is 0 Å². The van der Waals surface area contributed by atoms with Crippen LogP contribution in [-0.4, -0.2) is 28.9 Å². The molecule has 1 saturated heterocycles. The van der Waals surface area contributed by atoms with Crippen molar-refractivity contribution in [1.29, 1.82) is 0 Å². The molecule has 4 heteroatoms. The lowest BCUT2D eigenvalue weighted by molar-refractivity contribution is 0.0938. The van der Waals surface area contributed by atoms with Crippen molar-refractivity contribution in [2.45, 2.75) is 50.6 Å². The molecule has 4 nitrogen and oxygen atoms in total. The zero-order chi connectivity index (χ0) is 21.5. The van der Waals surface area contributed by atoms with Crippen LogP contribution in [0.5, 0.6) is 0 Å². The van der Waals surface area contributed by atoms with Gasteiger partial charge in [-0.05, 0) is 79.7 Å². The van der Waals surface area contributed by atoms with E-state index in [4.69, 9.17) is 0 Å². The Balaban J connectivity index is 1.02. The number of pyridine rings is 1. The summed E-state index contributed by atoms with van der Waals surface area (Å²) in [6.45, 7) is 2.02. The average Bonchev–Trinajstić information content (AvgIpc) is 3.39. The van der Waals surface area contributed by atoms with Crippen LogP contribution in [-0.2, 0) is 0 Å². The van der Waals surface area contributed by atoms with E-state index in [1.807, 2.05) is 30.3 Å². The smallest absolute Gasteiger partial charge is 0.251 e. The molecular formula is C28H31N3O. The lowest BCUT2D eigenvalue weighted by Gasteiger charge is -2.33. The van der Waals surface area contributed by atoms with Crippen LogP contribution in [0.2, 0.25) is 0 Å². The Hall–Kier alpha value is -2.72. The van der Waals surface area contributed by atoms with Gasteiger partial charge in [0.25, 0.3) is 5.91 Å². The van der Waals surface area contributed by atoms with Crippen molar-refractivity contribution in [1.82, 2.24) is 15.2 Å². The molecule has 3 heterocycles. The molecule has 2 bridgehead atoms. The highest BCUT2D eigenvalue weighted by Crippen LogP contribution is 2.53. The first-order valence-corrected chi connectivity index (χ1v) is 12.2. The van der Waals surface area contributed by atoms with Crippen LogP contribution >= 0.6 is 0 Å². The molecule has 0 radical (unpaired) electrons. The molecule has 0 spiro atoms. The number of aromatic nitrogens is 1. The van der Waals surface area contributed by atoms with E-state index in [1.165, 1.54) is 45.1 Å². The number of fused-ring (bicyclic) bond motifs is 6. The molecule has 2 unspecified atom stereocenters. The van der Waals surface area contributed by atoms with Gasteiger partial charge < -0.3 is 5.32 Å². The van der Waals surface area contributed by atoms with E-state index in [0.29, 0.717) is 18.0 Å². The van der Waals surface area contributed by atoms with E-state index >= 15 is 0 Å². The monoisotopic (exact) mass is 425 g/mol. The van der Waals surface area contributed by atoms with Crippen LogP contribution in [0, 0.1) is 11.8 Å². The van der Waals surface area contributed by atoms with Gasteiger partial charge in [-0.15, -0.1) is 0 Å². The molecule has 1 aromatic heterocycles. The van der Waals surface area contributed by atoms with Crippen molar-refractivity contribution in [3.63, 3.8) is 0 Å². The number of hydrogen-bond acceptors (Lipinski definition) is 3. The minimum Gasteiger partial charge on any atom is -0.352 e. The summed E-state index contributed by atoms with van der Waals surface area (Å²) in [4.78, 5) is 20.0. The summed E-state index contributed by atoms with van der Waals surface area (Å²) in [5.74, 6) is 1.41. The lowest BCUT2D eigenvalue weighted by atomic mass is 9.81. The number of amides is 1. The third-order valence-corrected chi connectivity index (χ3v) is 8.11. The SMILES string of the molecule is O=C(NCC1CCC(CN2C3CCC2c2ccccc23)CC1)c1cccc2ncccc12. The average molecular weight is 426 g/mol. The van der Waals surface area contributed by atoms with E-state index in [-0.39, 0.29) is 5.91 Å². The number of nitrogens with one attached hydrogen (secondary N) is 1. The quantitative estimate of drug-likeness (QED) is 0.573. The molecule has 32 heavy (non-hydrogen) atoms. The van der Waals surface area contributed by atoms with Crippen LogP contribution in [0.3, 0.4) is 0 Å². The van der Waals surface area contributed by atoms with Crippen LogP contribution < -0.4 is 5.32 Å². The Bertz CT molecular complexity index is 1100. The van der Waals surface area contributed by atoms with Gasteiger partial charge in [0.15, 0.2) is 0 Å². The normalized spacial score (nSPS) is 26.9. The molecule has 3 aromatic rings. The maximum Gasteiger partial charge on any atom is 0.251 e. The number of carbonyl (C=O) groups is 1. The van der Waals surface area contributed by atoms with Crippen molar-refractivity contribution in [2.75, 3.05) is 13.1 Å². The van der Waals surface area contributed by atoms with Crippen molar-refractivity contribution in [3.05, 3.63) is 77.5 Å². The zero-order valence-corrected chi connectivity index (χ0v) is 18.5. The van der Waals surface area contributed by atoms with E-state index in [9.17, 15) is 4.79 Å². The Morgan fingerprint density at radius 3 is 2.31 bits per heavy atom. The summed E-state index contributed by atoms with van der Waals surface area (Å²) in [5.41, 5.74) is 4.78. The first-order valence-electron chi connectivity index (χ1n) is 12.2. The largest absolute Gasteiger partial charge is 0.352 e. The van der Waals surface area contributed by atoms with Gasteiger partial charge in [-0.2, -0.15) is 0 Å². The number of hydrogen-bond donors (Lipinski definition) is 1. The van der Waals surface area contributed by atoms with Gasteiger partial charge in [0.2, 0.25) is 0 Å². The molecule has 1 saturated carbocycles. The summed E-state index contributed by atoms with van der Waals surface area (Å²) < 4.78 is 0. The fraction of sp³-hybridized carbons (Fsp3) is 0.429. The van der Waals surface area contributed by atoms with Gasteiger partial charge in [-0.1, -0.05) is 36.4 Å². The van der Waals surface area contributed by atoms with Crippen LogP contribution in [0.15, 0.2) is 60.8 Å². The summed E-state index contributed by atoms with van der Waals surface area (Å²) in [6.07, 6.45) is 9.43. The summed E-state index contributed by atoms with van der Waals surface area (Å²) in [6, 6.07) is 20.0. The maximum atomic E-state index is 12.8. The van der Waals surface area contributed by atoms with Crippen molar-refractivity contribution in [3.8, 4) is 0 Å². The van der Waals surface area contributed by atoms with Crippen LogP contribution in [0.1, 0.15) is 72.1 Å². The molecule has 3 aliphatic rings. The van der Waals surface area contributed by atoms with Crippen molar-refractivity contribution < 1.29 is 4.79 Å². The number of carbonyl (C=O) groups excluding carboxylic acids is 1. The minimum atomic E-state index is 0.0251. The first-order chi connectivity index (χ1) is 15.8. The van der Waals surface area contributed by atoms with Gasteiger partial charge in [0.1, 0.15) is 0 Å². The van der Waals surface area contributed by atoms with Crippen molar-refractivity contribution >= 4 is 16.8 Å². The Labute approximate surface area is 190 Å². The zero-order valence-electron chi connectivity index (χ0n) is 18.5. The molecule has 2 fully saturated rings. The predicted molar refractivity (Wildman–Crippen MR) is 127 cm³/mol. The third kappa shape index (κ3) is 3.51. The lowest BCUT2D eigenvalue weighted by Crippen LogP contribution is -2.34. The van der Waals surface area contributed by atoms with Gasteiger partial charge in [-0.25, -0.2) is 0 Å². The Morgan fingerprint density at radius 1 is 0.844 bits per heavy atom. The number of nitrogens with zero attached hydrogens (tertiary/aromatic N) is 2. The van der Waals surface area contributed by atoms with Crippen molar-refractivity contribution in [2.24, 2.45) is 11.8 Å². The molecule has 1 N–H and O–H groups in total. The molecule has 2 aliphatic heterocycles. The number of benzene rings is 2. The predicted octanol–water partition coefficient (Wildman–Crippen LogP) is 5.66. The summed E-state index contributed by atoms with van der Waals surface area (Å²) >= 11 is 0. The Morgan fingerprint density at radius 2 is 1.56 bits per heavy atom. The Kier molecular flexibility index (Phi) is 5.18. The second-order valence-corrected chi connectivity index (χ2v) is 9.91. The van der Waals surface area contributed by atoms with E-state index in [2.05, 4.69) is 39.5 Å². The maximum absolute atomic E-state index is 12.8. The molecular weight excluding hydrogens is 394 g/mol. The third-order valence-electron chi connectivity index (χ3n) is 8.11. The van der Waals surface area contributed by atoms with E-state index in [0.717, 1.165) is 28.9 Å². The first kappa shape index (κ1) is 19.9. The van der Waals surface area contributed by atoms with Gasteiger partial charge in [-0.3, -0.25) is 14.7 Å². The standard InChI is InChI=1S/C28H31N3O/c32-28(24-7-3-9-25-21(24)8-4-16-29-25)30-17-19-10-12-20(13-11-19)18-31-26-14-15-27(31)23-6-2-1-5-22(23)26/h1-9,16,19-20,26-27H,10-15,17-18H2,(H,30,32). The highest BCUT2D eigenvalue weighted by molar-refractivity contribution is 6.06. The van der Waals surface area contributed by atoms with Gasteiger partial charge in [0.05, 0.1) is 5.52 Å². The number of rotatable bonds is 5. The van der Waals surface area contributed by atoms with Gasteiger partial charge in [0, 0.05) is 42.3 Å². The summed E-state index contributed by atoms with van der Waals surface area (Å²) in [7, 11) is 0. The second kappa shape index (κ2) is 8.32. The molecule has 1 amide bonds.